The molecular formula is C13H22ClNOS. The molecule has 0 radical (unpaired) electrons. The van der Waals surface area contributed by atoms with Crippen molar-refractivity contribution in [2.24, 2.45) is 5.92 Å². The minimum atomic E-state index is 0.401. The Morgan fingerprint density at radius 2 is 2.24 bits per heavy atom. The van der Waals surface area contributed by atoms with Crippen molar-refractivity contribution in [1.82, 2.24) is 5.32 Å². The molecule has 1 aromatic heterocycles. The van der Waals surface area contributed by atoms with Crippen LogP contribution in [0.4, 0.5) is 0 Å². The summed E-state index contributed by atoms with van der Waals surface area (Å²) in [5.74, 6) is 0.551. The van der Waals surface area contributed by atoms with E-state index in [1.54, 1.807) is 18.4 Å². The fraction of sp³-hybridized carbons (Fsp3) is 0.692. The van der Waals surface area contributed by atoms with Gasteiger partial charge in [0.15, 0.2) is 0 Å². The largest absolute Gasteiger partial charge is 0.384 e. The van der Waals surface area contributed by atoms with Gasteiger partial charge in [0.05, 0.1) is 4.34 Å². The van der Waals surface area contributed by atoms with E-state index >= 15 is 0 Å². The molecule has 1 heterocycles. The highest BCUT2D eigenvalue weighted by molar-refractivity contribution is 7.16. The van der Waals surface area contributed by atoms with Crippen LogP contribution in [0.15, 0.2) is 12.1 Å². The highest BCUT2D eigenvalue weighted by Gasteiger charge is 2.16. The SMILES string of the molecule is CCCNC(CC(C)COC)c1ccc(Cl)s1. The van der Waals surface area contributed by atoms with Crippen molar-refractivity contribution in [3.8, 4) is 0 Å². The van der Waals surface area contributed by atoms with Crippen LogP contribution < -0.4 is 5.32 Å². The van der Waals surface area contributed by atoms with Gasteiger partial charge in [-0.1, -0.05) is 25.4 Å². The second-order valence-corrected chi connectivity index (χ2v) is 6.19. The van der Waals surface area contributed by atoms with Crippen molar-refractivity contribution in [2.45, 2.75) is 32.7 Å². The minimum absolute atomic E-state index is 0.401. The molecule has 17 heavy (non-hydrogen) atoms. The zero-order valence-corrected chi connectivity index (χ0v) is 12.4. The van der Waals surface area contributed by atoms with Crippen LogP contribution in [0.25, 0.3) is 0 Å². The molecule has 2 nitrogen and oxygen atoms in total. The maximum atomic E-state index is 6.00. The van der Waals surface area contributed by atoms with Gasteiger partial charge < -0.3 is 10.1 Å². The fourth-order valence-corrected chi connectivity index (χ4v) is 3.04. The van der Waals surface area contributed by atoms with E-state index in [2.05, 4.69) is 25.2 Å². The van der Waals surface area contributed by atoms with E-state index in [1.165, 1.54) is 4.88 Å². The first kappa shape index (κ1) is 15.0. The molecule has 1 N–H and O–H groups in total. The first-order valence-electron chi connectivity index (χ1n) is 6.14. The van der Waals surface area contributed by atoms with E-state index in [1.807, 2.05) is 6.07 Å². The topological polar surface area (TPSA) is 21.3 Å². The van der Waals surface area contributed by atoms with Crippen molar-refractivity contribution < 1.29 is 4.74 Å². The summed E-state index contributed by atoms with van der Waals surface area (Å²) in [7, 11) is 1.76. The summed E-state index contributed by atoms with van der Waals surface area (Å²) in [6.45, 7) is 6.26. The average molecular weight is 276 g/mol. The third kappa shape index (κ3) is 5.38. The van der Waals surface area contributed by atoms with Crippen LogP contribution in [-0.4, -0.2) is 20.3 Å². The summed E-state index contributed by atoms with van der Waals surface area (Å²) in [5, 5.41) is 3.58. The van der Waals surface area contributed by atoms with Crippen LogP contribution in [0.2, 0.25) is 4.34 Å². The Kier molecular flexibility index (Phi) is 7.12. The minimum Gasteiger partial charge on any atom is -0.384 e. The van der Waals surface area contributed by atoms with E-state index in [0.717, 1.165) is 30.3 Å². The maximum absolute atomic E-state index is 6.00. The van der Waals surface area contributed by atoms with Crippen LogP contribution in [0, 0.1) is 5.92 Å². The molecule has 0 aliphatic carbocycles. The second-order valence-electron chi connectivity index (χ2n) is 4.44. The van der Waals surface area contributed by atoms with Gasteiger partial charge >= 0.3 is 0 Å². The van der Waals surface area contributed by atoms with Crippen LogP contribution in [0.3, 0.4) is 0 Å². The maximum Gasteiger partial charge on any atom is 0.0931 e. The summed E-state index contributed by atoms with van der Waals surface area (Å²) >= 11 is 7.67. The van der Waals surface area contributed by atoms with Crippen molar-refractivity contribution in [3.63, 3.8) is 0 Å². The summed E-state index contributed by atoms with van der Waals surface area (Å²) < 4.78 is 6.06. The molecule has 0 saturated heterocycles. The standard InChI is InChI=1S/C13H22ClNOS/c1-4-7-15-11(8-10(2)9-16-3)12-5-6-13(14)17-12/h5-6,10-11,15H,4,7-9H2,1-3H3. The summed E-state index contributed by atoms with van der Waals surface area (Å²) in [4.78, 5) is 1.33. The molecule has 0 aromatic carbocycles. The molecular weight excluding hydrogens is 254 g/mol. The average Bonchev–Trinajstić information content (AvgIpc) is 2.71. The quantitative estimate of drug-likeness (QED) is 0.771. The number of nitrogens with one attached hydrogen (secondary N) is 1. The van der Waals surface area contributed by atoms with E-state index in [0.29, 0.717) is 12.0 Å². The van der Waals surface area contributed by atoms with E-state index in [9.17, 15) is 0 Å². The van der Waals surface area contributed by atoms with Gasteiger partial charge in [-0.15, -0.1) is 11.3 Å². The molecule has 0 aliphatic heterocycles. The van der Waals surface area contributed by atoms with Gasteiger partial charge in [-0.25, -0.2) is 0 Å². The smallest absolute Gasteiger partial charge is 0.0931 e. The van der Waals surface area contributed by atoms with Crippen LogP contribution in [-0.2, 0) is 4.74 Å². The Labute approximate surface area is 113 Å². The summed E-state index contributed by atoms with van der Waals surface area (Å²) in [6.07, 6.45) is 2.24. The number of halogens is 1. The molecule has 98 valence electrons. The van der Waals surface area contributed by atoms with Crippen LogP contribution in [0.1, 0.15) is 37.6 Å². The van der Waals surface area contributed by atoms with E-state index in [4.69, 9.17) is 16.3 Å². The number of hydrogen-bond donors (Lipinski definition) is 1. The van der Waals surface area contributed by atoms with Crippen molar-refractivity contribution >= 4 is 22.9 Å². The lowest BCUT2D eigenvalue weighted by Gasteiger charge is -2.20. The molecule has 0 fully saturated rings. The molecule has 1 aromatic rings. The van der Waals surface area contributed by atoms with Gasteiger partial charge in [-0.2, -0.15) is 0 Å². The van der Waals surface area contributed by atoms with Crippen LogP contribution >= 0.6 is 22.9 Å². The highest BCUT2D eigenvalue weighted by atomic mass is 35.5. The Morgan fingerprint density at radius 3 is 2.76 bits per heavy atom. The van der Waals surface area contributed by atoms with Crippen molar-refractivity contribution in [2.75, 3.05) is 20.3 Å². The first-order chi connectivity index (χ1) is 8.17. The second kappa shape index (κ2) is 8.09. The molecule has 0 saturated carbocycles. The predicted octanol–water partition coefficient (Wildman–Crippen LogP) is 4.11. The number of thiophene rings is 1. The summed E-state index contributed by atoms with van der Waals surface area (Å²) in [5.41, 5.74) is 0. The zero-order valence-electron chi connectivity index (χ0n) is 10.8. The van der Waals surface area contributed by atoms with Crippen molar-refractivity contribution in [3.05, 3.63) is 21.3 Å². The van der Waals surface area contributed by atoms with Gasteiger partial charge in [0.2, 0.25) is 0 Å². The van der Waals surface area contributed by atoms with Gasteiger partial charge in [0.25, 0.3) is 0 Å². The number of ether oxygens (including phenoxy) is 1. The van der Waals surface area contributed by atoms with Crippen LogP contribution in [0.5, 0.6) is 0 Å². The number of rotatable bonds is 8. The Morgan fingerprint density at radius 1 is 1.47 bits per heavy atom. The lowest BCUT2D eigenvalue weighted by molar-refractivity contribution is 0.149. The summed E-state index contributed by atoms with van der Waals surface area (Å²) in [6, 6.07) is 4.50. The molecule has 2 atom stereocenters. The lowest BCUT2D eigenvalue weighted by Crippen LogP contribution is -2.24. The third-order valence-corrected chi connectivity index (χ3v) is 4.01. The normalized spacial score (nSPS) is 14.8. The monoisotopic (exact) mass is 275 g/mol. The molecule has 0 spiro atoms. The van der Waals surface area contributed by atoms with Gasteiger partial charge in [-0.05, 0) is 37.4 Å². The molecule has 1 rings (SSSR count). The van der Waals surface area contributed by atoms with Crippen molar-refractivity contribution in [1.29, 1.82) is 0 Å². The number of hydrogen-bond acceptors (Lipinski definition) is 3. The van der Waals surface area contributed by atoms with E-state index in [-0.39, 0.29) is 0 Å². The lowest BCUT2D eigenvalue weighted by atomic mass is 10.0. The predicted molar refractivity (Wildman–Crippen MR) is 76.0 cm³/mol. The molecule has 0 amide bonds. The zero-order chi connectivity index (χ0) is 12.7. The molecule has 2 unspecified atom stereocenters. The third-order valence-electron chi connectivity index (χ3n) is 2.67. The Balaban J connectivity index is 2.60. The first-order valence-corrected chi connectivity index (χ1v) is 7.34. The van der Waals surface area contributed by atoms with E-state index < -0.39 is 0 Å². The number of methoxy groups -OCH3 is 1. The van der Waals surface area contributed by atoms with Gasteiger partial charge in [0.1, 0.15) is 0 Å². The van der Waals surface area contributed by atoms with Gasteiger partial charge in [-0.3, -0.25) is 0 Å². The highest BCUT2D eigenvalue weighted by Crippen LogP contribution is 2.30. The Hall–Kier alpha value is -0.0900. The molecule has 4 heteroatoms. The Bertz CT molecular complexity index is 316. The van der Waals surface area contributed by atoms with Gasteiger partial charge in [0, 0.05) is 24.6 Å². The molecule has 0 aliphatic rings. The molecule has 0 bridgehead atoms. The fourth-order valence-electron chi connectivity index (χ4n) is 1.89.